The van der Waals surface area contributed by atoms with Crippen LogP contribution in [-0.4, -0.2) is 18.8 Å². The molecule has 2 nitrogen and oxygen atoms in total. The van der Waals surface area contributed by atoms with E-state index in [0.717, 1.165) is 0 Å². The summed E-state index contributed by atoms with van der Waals surface area (Å²) in [7, 11) is 0. The summed E-state index contributed by atoms with van der Waals surface area (Å²) in [6, 6.07) is 0. The van der Waals surface area contributed by atoms with Gasteiger partial charge < -0.3 is 5.73 Å². The lowest BCUT2D eigenvalue weighted by Gasteiger charge is -2.13. The van der Waals surface area contributed by atoms with Crippen LogP contribution in [0.2, 0.25) is 0 Å². The molecule has 0 aliphatic heterocycles. The first kappa shape index (κ1) is 6.63. The Morgan fingerprint density at radius 3 is 2.14 bits per heavy atom. The average Bonchev–Trinajstić information content (AvgIpc) is 1.68. The van der Waals surface area contributed by atoms with Gasteiger partial charge >= 0.3 is 0 Å². The normalized spacial score (nSPS) is 11.3. The Balaban J connectivity index is 3.58. The fraction of sp³-hybridized carbons (Fsp3) is 0.800. The lowest BCUT2D eigenvalue weighted by molar-refractivity contribution is 0.540. The molecular weight excluding hydrogens is 88.1 g/mol. The SMILES string of the molecule is C=NC(C)(C)CN. The minimum Gasteiger partial charge on any atom is -0.328 e. The molecule has 0 saturated heterocycles. The molecule has 0 aromatic heterocycles. The molecule has 2 heteroatoms. The second-order valence-electron chi connectivity index (χ2n) is 2.17. The van der Waals surface area contributed by atoms with E-state index >= 15 is 0 Å². The summed E-state index contributed by atoms with van der Waals surface area (Å²) in [5.74, 6) is 0. The number of rotatable bonds is 2. The molecule has 0 atom stereocenters. The summed E-state index contributed by atoms with van der Waals surface area (Å²) in [5.41, 5.74) is 5.16. The molecule has 0 saturated carbocycles. The smallest absolute Gasteiger partial charge is 0.0666 e. The van der Waals surface area contributed by atoms with E-state index in [1.165, 1.54) is 0 Å². The molecule has 0 heterocycles. The van der Waals surface area contributed by atoms with Crippen LogP contribution in [0.5, 0.6) is 0 Å². The Bertz CT molecular complexity index is 66.5. The number of hydrogen-bond donors (Lipinski definition) is 1. The number of nitrogens with two attached hydrogens (primary N) is 1. The van der Waals surface area contributed by atoms with Crippen LogP contribution < -0.4 is 5.73 Å². The van der Waals surface area contributed by atoms with Gasteiger partial charge in [0.25, 0.3) is 0 Å². The highest BCUT2D eigenvalue weighted by Crippen LogP contribution is 2.02. The highest BCUT2D eigenvalue weighted by atomic mass is 14.8. The topological polar surface area (TPSA) is 38.4 Å². The Hall–Kier alpha value is -0.370. The summed E-state index contributed by atoms with van der Waals surface area (Å²) in [6.45, 7) is 7.83. The fourth-order valence-electron chi connectivity index (χ4n) is 0.0645. The quantitative estimate of drug-likeness (QED) is 0.502. The van der Waals surface area contributed by atoms with Gasteiger partial charge in [0.05, 0.1) is 5.54 Å². The molecule has 7 heavy (non-hydrogen) atoms. The number of hydrogen-bond acceptors (Lipinski definition) is 2. The van der Waals surface area contributed by atoms with Gasteiger partial charge in [-0.1, -0.05) is 0 Å². The maximum atomic E-state index is 5.28. The summed E-state index contributed by atoms with van der Waals surface area (Å²) >= 11 is 0. The zero-order valence-corrected chi connectivity index (χ0v) is 4.94. The van der Waals surface area contributed by atoms with Gasteiger partial charge in [-0.15, -0.1) is 0 Å². The van der Waals surface area contributed by atoms with Gasteiger partial charge in [0, 0.05) is 6.54 Å². The lowest BCUT2D eigenvalue weighted by atomic mass is 10.1. The Kier molecular flexibility index (Phi) is 1.96. The zero-order valence-electron chi connectivity index (χ0n) is 4.94. The van der Waals surface area contributed by atoms with Crippen LogP contribution in [0.4, 0.5) is 0 Å². The molecule has 0 radical (unpaired) electrons. The summed E-state index contributed by atoms with van der Waals surface area (Å²) in [5, 5.41) is 0. The molecule has 0 rings (SSSR count). The first-order valence-corrected chi connectivity index (χ1v) is 2.30. The van der Waals surface area contributed by atoms with Crippen LogP contribution in [0.3, 0.4) is 0 Å². The van der Waals surface area contributed by atoms with E-state index in [9.17, 15) is 0 Å². The second-order valence-corrected chi connectivity index (χ2v) is 2.17. The monoisotopic (exact) mass is 100 g/mol. The fourth-order valence-corrected chi connectivity index (χ4v) is 0.0645. The molecule has 0 amide bonds. The van der Waals surface area contributed by atoms with E-state index in [2.05, 4.69) is 11.7 Å². The second kappa shape index (κ2) is 2.07. The van der Waals surface area contributed by atoms with Crippen molar-refractivity contribution in [2.45, 2.75) is 19.4 Å². The van der Waals surface area contributed by atoms with Crippen LogP contribution in [0.1, 0.15) is 13.8 Å². The molecule has 2 N–H and O–H groups in total. The van der Waals surface area contributed by atoms with E-state index in [1.807, 2.05) is 13.8 Å². The van der Waals surface area contributed by atoms with Crippen molar-refractivity contribution in [3.8, 4) is 0 Å². The molecule has 0 spiro atoms. The van der Waals surface area contributed by atoms with Crippen molar-refractivity contribution in [1.29, 1.82) is 0 Å². The Labute approximate surface area is 44.4 Å². The Morgan fingerprint density at radius 2 is 2.14 bits per heavy atom. The van der Waals surface area contributed by atoms with Crippen LogP contribution in [0, 0.1) is 0 Å². The van der Waals surface area contributed by atoms with E-state index in [4.69, 9.17) is 5.73 Å². The van der Waals surface area contributed by atoms with Crippen molar-refractivity contribution in [1.82, 2.24) is 0 Å². The van der Waals surface area contributed by atoms with Crippen molar-refractivity contribution in [2.75, 3.05) is 6.54 Å². The van der Waals surface area contributed by atoms with Crippen molar-refractivity contribution in [3.05, 3.63) is 0 Å². The van der Waals surface area contributed by atoms with Crippen molar-refractivity contribution in [2.24, 2.45) is 10.7 Å². The molecular formula is C5H12N2. The largest absolute Gasteiger partial charge is 0.328 e. The minimum atomic E-state index is -0.125. The third-order valence-electron chi connectivity index (χ3n) is 0.928. The van der Waals surface area contributed by atoms with Gasteiger partial charge in [-0.3, -0.25) is 4.99 Å². The molecule has 0 unspecified atom stereocenters. The zero-order chi connectivity index (χ0) is 5.91. The maximum absolute atomic E-state index is 5.28. The predicted octanol–water partition coefficient (Wildman–Crippen LogP) is 0.424. The van der Waals surface area contributed by atoms with Crippen molar-refractivity contribution in [3.63, 3.8) is 0 Å². The van der Waals surface area contributed by atoms with Gasteiger partial charge in [-0.2, -0.15) is 0 Å². The summed E-state index contributed by atoms with van der Waals surface area (Å²) < 4.78 is 0. The van der Waals surface area contributed by atoms with Crippen LogP contribution in [0.25, 0.3) is 0 Å². The molecule has 0 bridgehead atoms. The molecule has 0 aromatic carbocycles. The Morgan fingerprint density at radius 1 is 1.71 bits per heavy atom. The van der Waals surface area contributed by atoms with E-state index < -0.39 is 0 Å². The standard InChI is InChI=1S/C5H12N2/c1-5(2,4-6)7-3/h3-4,6H2,1-2H3. The van der Waals surface area contributed by atoms with Crippen LogP contribution in [-0.2, 0) is 0 Å². The first-order valence-electron chi connectivity index (χ1n) is 2.30. The first-order chi connectivity index (χ1) is 3.12. The molecule has 0 fully saturated rings. The van der Waals surface area contributed by atoms with Crippen molar-refractivity contribution < 1.29 is 0 Å². The average molecular weight is 100 g/mol. The highest BCUT2D eigenvalue weighted by molar-refractivity contribution is 5.25. The van der Waals surface area contributed by atoms with E-state index in [-0.39, 0.29) is 5.54 Å². The number of nitrogens with zero attached hydrogens (tertiary/aromatic N) is 1. The molecule has 0 aliphatic rings. The van der Waals surface area contributed by atoms with Gasteiger partial charge in [0.15, 0.2) is 0 Å². The minimum absolute atomic E-state index is 0.125. The maximum Gasteiger partial charge on any atom is 0.0666 e. The third kappa shape index (κ3) is 2.34. The van der Waals surface area contributed by atoms with E-state index in [0.29, 0.717) is 6.54 Å². The van der Waals surface area contributed by atoms with Gasteiger partial charge in [-0.05, 0) is 20.6 Å². The van der Waals surface area contributed by atoms with Gasteiger partial charge in [0.1, 0.15) is 0 Å². The van der Waals surface area contributed by atoms with Crippen LogP contribution in [0.15, 0.2) is 4.99 Å². The van der Waals surface area contributed by atoms with Crippen LogP contribution >= 0.6 is 0 Å². The number of aliphatic imine (C=N–C) groups is 1. The third-order valence-corrected chi connectivity index (χ3v) is 0.928. The summed E-state index contributed by atoms with van der Waals surface area (Å²) in [4.78, 5) is 3.76. The predicted molar refractivity (Wildman–Crippen MR) is 32.7 cm³/mol. The van der Waals surface area contributed by atoms with Gasteiger partial charge in [-0.25, -0.2) is 0 Å². The van der Waals surface area contributed by atoms with E-state index in [1.54, 1.807) is 0 Å². The molecule has 0 aliphatic carbocycles. The lowest BCUT2D eigenvalue weighted by Crippen LogP contribution is -2.27. The summed E-state index contributed by atoms with van der Waals surface area (Å²) in [6.07, 6.45) is 0. The molecule has 0 aromatic rings. The van der Waals surface area contributed by atoms with Crippen molar-refractivity contribution >= 4 is 6.72 Å². The highest BCUT2D eigenvalue weighted by Gasteiger charge is 2.09. The van der Waals surface area contributed by atoms with Gasteiger partial charge in [0.2, 0.25) is 0 Å². The molecule has 42 valence electrons.